The molecule has 0 atom stereocenters. The number of hydrogen-bond donors (Lipinski definition) is 2. The van der Waals surface area contributed by atoms with Crippen molar-refractivity contribution >= 4 is 23.6 Å². The Morgan fingerprint density at radius 3 is 2.62 bits per heavy atom. The van der Waals surface area contributed by atoms with Gasteiger partial charge in [0.2, 0.25) is 11.8 Å². The van der Waals surface area contributed by atoms with Crippen LogP contribution < -0.4 is 15.8 Å². The van der Waals surface area contributed by atoms with Crippen LogP contribution in [0, 0.1) is 5.92 Å². The molecule has 1 aliphatic heterocycles. The first kappa shape index (κ1) is 19.4. The van der Waals surface area contributed by atoms with E-state index in [2.05, 4.69) is 20.7 Å². The Morgan fingerprint density at radius 2 is 2.00 bits per heavy atom. The standard InChI is InChI=1S/C18H24N4O4/c1-3-13(2)26-17(24)12-16(23)20-21-18(25)14-7-10-22(11-8-14)15-6-4-5-9-19-15/h3-6,9,14H,7-8,10-12H2,1-2H3,(H,20,23)(H,21,25)/b13-3-. The maximum Gasteiger partial charge on any atom is 0.320 e. The minimum Gasteiger partial charge on any atom is -0.431 e. The van der Waals surface area contributed by atoms with Gasteiger partial charge in [-0.25, -0.2) is 4.98 Å². The zero-order chi connectivity index (χ0) is 18.9. The number of allylic oxidation sites excluding steroid dienone is 2. The van der Waals surface area contributed by atoms with Gasteiger partial charge in [0.1, 0.15) is 18.0 Å². The second kappa shape index (κ2) is 9.55. The fourth-order valence-electron chi connectivity index (χ4n) is 2.59. The first-order chi connectivity index (χ1) is 12.5. The maximum absolute atomic E-state index is 12.2. The summed E-state index contributed by atoms with van der Waals surface area (Å²) in [5.41, 5.74) is 4.64. The summed E-state index contributed by atoms with van der Waals surface area (Å²) >= 11 is 0. The van der Waals surface area contributed by atoms with Gasteiger partial charge in [-0.2, -0.15) is 0 Å². The van der Waals surface area contributed by atoms with E-state index in [-0.39, 0.29) is 11.8 Å². The average molecular weight is 360 g/mol. The van der Waals surface area contributed by atoms with Gasteiger partial charge in [0.05, 0.1) is 0 Å². The first-order valence-corrected chi connectivity index (χ1v) is 8.58. The lowest BCUT2D eigenvalue weighted by atomic mass is 9.96. The molecule has 8 heteroatoms. The number of nitrogens with one attached hydrogen (secondary N) is 2. The Morgan fingerprint density at radius 1 is 1.27 bits per heavy atom. The van der Waals surface area contributed by atoms with Crippen molar-refractivity contribution in [3.05, 3.63) is 36.2 Å². The number of anilines is 1. The number of ether oxygens (including phenoxy) is 1. The largest absolute Gasteiger partial charge is 0.431 e. The molecule has 1 fully saturated rings. The number of carbonyl (C=O) groups is 3. The molecule has 1 aromatic heterocycles. The molecule has 0 aromatic carbocycles. The Balaban J connectivity index is 1.70. The van der Waals surface area contributed by atoms with Crippen LogP contribution in [0.25, 0.3) is 0 Å². The van der Waals surface area contributed by atoms with E-state index in [0.29, 0.717) is 18.6 Å². The van der Waals surface area contributed by atoms with Crippen molar-refractivity contribution in [2.75, 3.05) is 18.0 Å². The predicted octanol–water partition coefficient (Wildman–Crippen LogP) is 1.30. The number of esters is 1. The van der Waals surface area contributed by atoms with Gasteiger partial charge in [0, 0.05) is 25.2 Å². The number of amides is 2. The SMILES string of the molecule is C/C=C(/C)OC(=O)CC(=O)NNC(=O)C1CCN(c2ccccn2)CC1. The van der Waals surface area contributed by atoms with E-state index in [1.54, 1.807) is 26.1 Å². The molecular weight excluding hydrogens is 336 g/mol. The Labute approximate surface area is 152 Å². The van der Waals surface area contributed by atoms with E-state index >= 15 is 0 Å². The lowest BCUT2D eigenvalue weighted by Gasteiger charge is -2.32. The van der Waals surface area contributed by atoms with Crippen LogP contribution in [0.1, 0.15) is 33.1 Å². The Bertz CT molecular complexity index is 667. The van der Waals surface area contributed by atoms with Crippen molar-refractivity contribution in [1.82, 2.24) is 15.8 Å². The molecular formula is C18H24N4O4. The van der Waals surface area contributed by atoms with Gasteiger partial charge in [-0.05, 0) is 44.9 Å². The smallest absolute Gasteiger partial charge is 0.320 e. The van der Waals surface area contributed by atoms with Gasteiger partial charge in [-0.3, -0.25) is 25.2 Å². The number of nitrogens with zero attached hydrogens (tertiary/aromatic N) is 2. The lowest BCUT2D eigenvalue weighted by molar-refractivity contribution is -0.144. The highest BCUT2D eigenvalue weighted by Gasteiger charge is 2.26. The monoisotopic (exact) mass is 360 g/mol. The van der Waals surface area contributed by atoms with E-state index in [0.717, 1.165) is 18.9 Å². The molecule has 2 rings (SSSR count). The molecule has 0 bridgehead atoms. The topological polar surface area (TPSA) is 101 Å². The number of rotatable bonds is 5. The molecule has 0 radical (unpaired) electrons. The van der Waals surface area contributed by atoms with Gasteiger partial charge in [-0.15, -0.1) is 0 Å². The molecule has 0 spiro atoms. The normalized spacial score (nSPS) is 15.3. The third-order valence-electron chi connectivity index (χ3n) is 4.15. The molecule has 1 saturated heterocycles. The molecule has 2 N–H and O–H groups in total. The van der Waals surface area contributed by atoms with Crippen LogP contribution >= 0.6 is 0 Å². The van der Waals surface area contributed by atoms with Crippen molar-refractivity contribution in [1.29, 1.82) is 0 Å². The van der Waals surface area contributed by atoms with Gasteiger partial charge in [-0.1, -0.05) is 6.07 Å². The fraction of sp³-hybridized carbons (Fsp3) is 0.444. The second-order valence-electron chi connectivity index (χ2n) is 6.04. The molecule has 0 saturated carbocycles. The summed E-state index contributed by atoms with van der Waals surface area (Å²) in [6.07, 6.45) is 4.24. The number of carbonyl (C=O) groups excluding carboxylic acids is 3. The van der Waals surface area contributed by atoms with Crippen LogP contribution in [-0.2, 0) is 19.1 Å². The molecule has 26 heavy (non-hydrogen) atoms. The summed E-state index contributed by atoms with van der Waals surface area (Å²) in [6, 6.07) is 5.73. The Kier molecular flexibility index (Phi) is 7.13. The number of aromatic nitrogens is 1. The lowest BCUT2D eigenvalue weighted by Crippen LogP contribution is -2.47. The zero-order valence-electron chi connectivity index (χ0n) is 15.0. The molecule has 8 nitrogen and oxygen atoms in total. The minimum absolute atomic E-state index is 0.188. The first-order valence-electron chi connectivity index (χ1n) is 8.58. The molecule has 1 aliphatic rings. The van der Waals surface area contributed by atoms with Crippen LogP contribution in [0.5, 0.6) is 0 Å². The molecule has 0 unspecified atom stereocenters. The van der Waals surface area contributed by atoms with Crippen molar-refractivity contribution in [3.8, 4) is 0 Å². The highest BCUT2D eigenvalue weighted by Crippen LogP contribution is 2.21. The second-order valence-corrected chi connectivity index (χ2v) is 6.04. The quantitative estimate of drug-likeness (QED) is 0.355. The van der Waals surface area contributed by atoms with Crippen molar-refractivity contribution in [2.45, 2.75) is 33.1 Å². The van der Waals surface area contributed by atoms with Crippen molar-refractivity contribution < 1.29 is 19.1 Å². The highest BCUT2D eigenvalue weighted by molar-refractivity contribution is 5.95. The summed E-state index contributed by atoms with van der Waals surface area (Å²) < 4.78 is 4.88. The van der Waals surface area contributed by atoms with Gasteiger partial charge >= 0.3 is 5.97 Å². The van der Waals surface area contributed by atoms with E-state index in [9.17, 15) is 14.4 Å². The molecule has 1 aromatic rings. The summed E-state index contributed by atoms with van der Waals surface area (Å²) in [4.78, 5) is 41.8. The summed E-state index contributed by atoms with van der Waals surface area (Å²) in [7, 11) is 0. The van der Waals surface area contributed by atoms with E-state index in [1.807, 2.05) is 18.2 Å². The minimum atomic E-state index is -0.670. The third-order valence-corrected chi connectivity index (χ3v) is 4.15. The van der Waals surface area contributed by atoms with Crippen molar-refractivity contribution in [2.24, 2.45) is 5.92 Å². The third kappa shape index (κ3) is 5.87. The average Bonchev–Trinajstić information content (AvgIpc) is 2.66. The Hall–Kier alpha value is -2.90. The predicted molar refractivity (Wildman–Crippen MR) is 95.6 cm³/mol. The molecule has 140 valence electrons. The van der Waals surface area contributed by atoms with Crippen LogP contribution in [0.2, 0.25) is 0 Å². The summed E-state index contributed by atoms with van der Waals surface area (Å²) in [5.74, 6) is -0.403. The molecule has 0 aliphatic carbocycles. The van der Waals surface area contributed by atoms with Gasteiger partial charge < -0.3 is 9.64 Å². The van der Waals surface area contributed by atoms with Gasteiger partial charge in [0.15, 0.2) is 0 Å². The van der Waals surface area contributed by atoms with Crippen LogP contribution in [0.15, 0.2) is 36.2 Å². The number of pyridine rings is 1. The van der Waals surface area contributed by atoms with Crippen LogP contribution in [0.4, 0.5) is 5.82 Å². The molecule has 2 amide bonds. The molecule has 2 heterocycles. The van der Waals surface area contributed by atoms with Gasteiger partial charge in [0.25, 0.3) is 0 Å². The number of hydrogen-bond acceptors (Lipinski definition) is 6. The number of piperidine rings is 1. The summed E-state index contributed by atoms with van der Waals surface area (Å²) in [6.45, 7) is 4.78. The number of hydrazine groups is 1. The zero-order valence-corrected chi connectivity index (χ0v) is 15.0. The maximum atomic E-state index is 12.2. The fourth-order valence-corrected chi connectivity index (χ4v) is 2.59. The van der Waals surface area contributed by atoms with Crippen molar-refractivity contribution in [3.63, 3.8) is 0 Å². The van der Waals surface area contributed by atoms with Crippen LogP contribution in [0.3, 0.4) is 0 Å². The van der Waals surface area contributed by atoms with E-state index in [1.165, 1.54) is 0 Å². The summed E-state index contributed by atoms with van der Waals surface area (Å²) in [5, 5.41) is 0. The highest BCUT2D eigenvalue weighted by atomic mass is 16.5. The van der Waals surface area contributed by atoms with E-state index < -0.39 is 18.3 Å². The van der Waals surface area contributed by atoms with Crippen LogP contribution in [-0.4, -0.2) is 35.9 Å². The van der Waals surface area contributed by atoms with E-state index in [4.69, 9.17) is 4.74 Å².